The zero-order valence-electron chi connectivity index (χ0n) is 11.8. The number of thiocarbonyl (C=S) groups is 1. The van der Waals surface area contributed by atoms with Crippen LogP contribution in [0.5, 0.6) is 5.75 Å². The first-order chi connectivity index (χ1) is 9.50. The third kappa shape index (κ3) is 3.10. The Morgan fingerprint density at radius 2 is 2.20 bits per heavy atom. The lowest BCUT2D eigenvalue weighted by Gasteiger charge is -2.29. The average molecular weight is 292 g/mol. The molecule has 1 amide bonds. The molecule has 1 aromatic carbocycles. The van der Waals surface area contributed by atoms with Gasteiger partial charge in [-0.15, -0.1) is 0 Å². The predicted molar refractivity (Wildman–Crippen MR) is 82.9 cm³/mol. The molecule has 1 atom stereocenters. The summed E-state index contributed by atoms with van der Waals surface area (Å²) in [6, 6.07) is 7.82. The summed E-state index contributed by atoms with van der Waals surface area (Å²) >= 11 is 4.90. The summed E-state index contributed by atoms with van der Waals surface area (Å²) in [5, 5.41) is 0. The normalized spacial score (nSPS) is 16.6. The first-order valence-electron chi connectivity index (χ1n) is 6.81. The quantitative estimate of drug-likeness (QED) is 0.844. The van der Waals surface area contributed by atoms with Crippen molar-refractivity contribution in [2.75, 3.05) is 13.2 Å². The van der Waals surface area contributed by atoms with E-state index in [1.807, 2.05) is 43.0 Å². The van der Waals surface area contributed by atoms with Crippen molar-refractivity contribution < 1.29 is 9.53 Å². The van der Waals surface area contributed by atoms with E-state index >= 15 is 0 Å². The van der Waals surface area contributed by atoms with Gasteiger partial charge < -0.3 is 15.4 Å². The first-order valence-corrected chi connectivity index (χ1v) is 7.22. The number of rotatable bonds is 5. The molecule has 4 nitrogen and oxygen atoms in total. The molecule has 1 aliphatic rings. The Morgan fingerprint density at radius 3 is 2.85 bits per heavy atom. The van der Waals surface area contributed by atoms with E-state index in [9.17, 15) is 4.79 Å². The van der Waals surface area contributed by atoms with Crippen LogP contribution in [0, 0.1) is 0 Å². The fourth-order valence-corrected chi connectivity index (χ4v) is 2.51. The van der Waals surface area contributed by atoms with Gasteiger partial charge in [0.2, 0.25) is 5.91 Å². The molecule has 0 spiro atoms. The van der Waals surface area contributed by atoms with Crippen LogP contribution in [0.25, 0.3) is 0 Å². The molecule has 2 N–H and O–H groups in total. The minimum absolute atomic E-state index is 0.0844. The molecule has 0 saturated heterocycles. The van der Waals surface area contributed by atoms with Crippen molar-refractivity contribution in [3.8, 4) is 5.75 Å². The van der Waals surface area contributed by atoms with Gasteiger partial charge in [0.25, 0.3) is 0 Å². The maximum Gasteiger partial charge on any atom is 0.233 e. The largest absolute Gasteiger partial charge is 0.492 e. The van der Waals surface area contributed by atoms with Gasteiger partial charge in [-0.1, -0.05) is 30.4 Å². The molecule has 1 unspecified atom stereocenters. The van der Waals surface area contributed by atoms with Crippen molar-refractivity contribution in [1.29, 1.82) is 0 Å². The van der Waals surface area contributed by atoms with Crippen LogP contribution in [-0.2, 0) is 4.79 Å². The predicted octanol–water partition coefficient (Wildman–Crippen LogP) is 2.08. The number of hydrogen-bond acceptors (Lipinski definition) is 3. The minimum Gasteiger partial charge on any atom is -0.492 e. The molecule has 5 heteroatoms. The summed E-state index contributed by atoms with van der Waals surface area (Å²) in [5.41, 5.74) is 6.51. The molecular formula is C15H20N2O2S. The lowest BCUT2D eigenvalue weighted by Crippen LogP contribution is -2.42. The van der Waals surface area contributed by atoms with Crippen LogP contribution in [0.4, 0.5) is 0 Å². The second-order valence-corrected chi connectivity index (χ2v) is 5.77. The number of fused-ring (bicyclic) bond motifs is 1. The highest BCUT2D eigenvalue weighted by Crippen LogP contribution is 2.34. The van der Waals surface area contributed by atoms with E-state index in [4.69, 9.17) is 22.7 Å². The SMILES string of the molecule is CC(C)N(CCC(N)=S)C(=O)C1COc2ccccc21. The number of amides is 1. The summed E-state index contributed by atoms with van der Waals surface area (Å²) in [7, 11) is 0. The van der Waals surface area contributed by atoms with Crippen molar-refractivity contribution in [3.63, 3.8) is 0 Å². The number of hydrogen-bond donors (Lipinski definition) is 1. The van der Waals surface area contributed by atoms with Gasteiger partial charge in [-0.25, -0.2) is 0 Å². The van der Waals surface area contributed by atoms with Crippen LogP contribution < -0.4 is 10.5 Å². The summed E-state index contributed by atoms with van der Waals surface area (Å²) in [4.78, 5) is 15.0. The van der Waals surface area contributed by atoms with Gasteiger partial charge in [0.05, 0.1) is 4.99 Å². The van der Waals surface area contributed by atoms with Crippen LogP contribution in [0.2, 0.25) is 0 Å². The van der Waals surface area contributed by atoms with Gasteiger partial charge >= 0.3 is 0 Å². The van der Waals surface area contributed by atoms with E-state index in [2.05, 4.69) is 0 Å². The molecule has 0 bridgehead atoms. The van der Waals surface area contributed by atoms with Crippen LogP contribution in [0.3, 0.4) is 0 Å². The second kappa shape index (κ2) is 6.22. The fourth-order valence-electron chi connectivity index (χ4n) is 2.42. The van der Waals surface area contributed by atoms with Crippen molar-refractivity contribution in [1.82, 2.24) is 4.90 Å². The van der Waals surface area contributed by atoms with E-state index in [0.717, 1.165) is 11.3 Å². The molecule has 0 aromatic heterocycles. The van der Waals surface area contributed by atoms with E-state index in [1.54, 1.807) is 0 Å². The number of nitrogens with two attached hydrogens (primary N) is 1. The molecule has 1 heterocycles. The first kappa shape index (κ1) is 14.8. The second-order valence-electron chi connectivity index (χ2n) is 5.24. The summed E-state index contributed by atoms with van der Waals surface area (Å²) in [5.74, 6) is 0.671. The van der Waals surface area contributed by atoms with E-state index in [-0.39, 0.29) is 17.9 Å². The van der Waals surface area contributed by atoms with Crippen LogP contribution in [0.1, 0.15) is 31.7 Å². The molecule has 1 aromatic rings. The highest BCUT2D eigenvalue weighted by atomic mass is 32.1. The number of para-hydroxylation sites is 1. The smallest absolute Gasteiger partial charge is 0.233 e. The summed E-state index contributed by atoms with van der Waals surface area (Å²) in [6.45, 7) is 4.97. The van der Waals surface area contributed by atoms with Gasteiger partial charge in [0, 0.05) is 24.6 Å². The Kier molecular flexibility index (Phi) is 4.60. The maximum absolute atomic E-state index is 12.7. The maximum atomic E-state index is 12.7. The van der Waals surface area contributed by atoms with Crippen molar-refractivity contribution in [3.05, 3.63) is 29.8 Å². The number of carbonyl (C=O) groups is 1. The Morgan fingerprint density at radius 1 is 1.50 bits per heavy atom. The number of nitrogens with zero attached hydrogens (tertiary/aromatic N) is 1. The Labute approximate surface area is 124 Å². The molecule has 20 heavy (non-hydrogen) atoms. The zero-order valence-corrected chi connectivity index (χ0v) is 12.7. The minimum atomic E-state index is -0.222. The fraction of sp³-hybridized carbons (Fsp3) is 0.467. The lowest BCUT2D eigenvalue weighted by molar-refractivity contribution is -0.134. The van der Waals surface area contributed by atoms with Crippen molar-refractivity contribution in [2.45, 2.75) is 32.2 Å². The highest BCUT2D eigenvalue weighted by molar-refractivity contribution is 7.80. The monoisotopic (exact) mass is 292 g/mol. The topological polar surface area (TPSA) is 55.6 Å². The Bertz CT molecular complexity index is 516. The summed E-state index contributed by atoms with van der Waals surface area (Å²) < 4.78 is 5.59. The molecule has 0 radical (unpaired) electrons. The van der Waals surface area contributed by atoms with Crippen LogP contribution in [0.15, 0.2) is 24.3 Å². The Balaban J connectivity index is 2.15. The Hall–Kier alpha value is -1.62. The lowest BCUT2D eigenvalue weighted by atomic mass is 9.99. The highest BCUT2D eigenvalue weighted by Gasteiger charge is 2.33. The van der Waals surface area contributed by atoms with Gasteiger partial charge in [-0.05, 0) is 19.9 Å². The van der Waals surface area contributed by atoms with E-state index in [0.29, 0.717) is 24.6 Å². The van der Waals surface area contributed by atoms with Gasteiger partial charge in [0.15, 0.2) is 0 Å². The molecule has 0 aliphatic carbocycles. The third-order valence-corrected chi connectivity index (χ3v) is 3.71. The van der Waals surface area contributed by atoms with E-state index < -0.39 is 0 Å². The van der Waals surface area contributed by atoms with Crippen LogP contribution >= 0.6 is 12.2 Å². The molecule has 0 saturated carbocycles. The van der Waals surface area contributed by atoms with Gasteiger partial charge in [-0.2, -0.15) is 0 Å². The summed E-state index contributed by atoms with van der Waals surface area (Å²) in [6.07, 6.45) is 0.550. The van der Waals surface area contributed by atoms with Gasteiger partial charge in [-0.3, -0.25) is 4.79 Å². The van der Waals surface area contributed by atoms with Crippen molar-refractivity contribution in [2.24, 2.45) is 5.73 Å². The third-order valence-electron chi connectivity index (χ3n) is 3.50. The van der Waals surface area contributed by atoms with Gasteiger partial charge in [0.1, 0.15) is 18.3 Å². The molecule has 0 fully saturated rings. The molecule has 1 aliphatic heterocycles. The average Bonchev–Trinajstić information content (AvgIpc) is 2.81. The zero-order chi connectivity index (χ0) is 14.7. The standard InChI is InChI=1S/C15H20N2O2S/c1-10(2)17(8-7-14(16)20)15(18)12-9-19-13-6-4-3-5-11(12)13/h3-6,10,12H,7-9H2,1-2H3,(H2,16,20). The molecule has 2 rings (SSSR count). The molecule has 108 valence electrons. The van der Waals surface area contributed by atoms with E-state index in [1.165, 1.54) is 0 Å². The number of ether oxygens (including phenoxy) is 1. The number of benzene rings is 1. The van der Waals surface area contributed by atoms with Crippen molar-refractivity contribution >= 4 is 23.1 Å². The number of carbonyl (C=O) groups excluding carboxylic acids is 1. The van der Waals surface area contributed by atoms with Crippen LogP contribution in [-0.4, -0.2) is 35.0 Å². The molecular weight excluding hydrogens is 272 g/mol.